The number of hydrogen-bond donors (Lipinski definition) is 2. The standard InChI is InChI=1S/C14H6ClN3O3S3/c15-6-3-9(22-5-6)11-10(4-16)24-14(17-11)18-12(19)7-1-2-8(23-7)13(20)21/h1-3,5H,(H,20,21)(H,17,18,19). The maximum atomic E-state index is 12.2. The van der Waals surface area contributed by atoms with Crippen molar-refractivity contribution < 1.29 is 14.7 Å². The van der Waals surface area contributed by atoms with Crippen molar-refractivity contribution in [2.45, 2.75) is 0 Å². The summed E-state index contributed by atoms with van der Waals surface area (Å²) in [5, 5.41) is 23.3. The average Bonchev–Trinajstić information content (AvgIpc) is 3.25. The van der Waals surface area contributed by atoms with Crippen LogP contribution in [0.15, 0.2) is 23.6 Å². The first-order valence-electron chi connectivity index (χ1n) is 6.27. The zero-order valence-electron chi connectivity index (χ0n) is 11.6. The molecule has 0 spiro atoms. The molecule has 0 aromatic carbocycles. The van der Waals surface area contributed by atoms with Gasteiger partial charge in [-0.25, -0.2) is 9.78 Å². The van der Waals surface area contributed by atoms with Gasteiger partial charge >= 0.3 is 5.97 Å². The van der Waals surface area contributed by atoms with Crippen molar-refractivity contribution in [3.63, 3.8) is 0 Å². The topological polar surface area (TPSA) is 103 Å². The van der Waals surface area contributed by atoms with Crippen LogP contribution in [0.3, 0.4) is 0 Å². The molecule has 0 saturated carbocycles. The van der Waals surface area contributed by atoms with E-state index >= 15 is 0 Å². The summed E-state index contributed by atoms with van der Waals surface area (Å²) in [5.74, 6) is -1.56. The predicted molar refractivity (Wildman–Crippen MR) is 94.4 cm³/mol. The van der Waals surface area contributed by atoms with E-state index in [2.05, 4.69) is 10.3 Å². The van der Waals surface area contributed by atoms with Gasteiger partial charge in [0.1, 0.15) is 21.5 Å². The summed E-state index contributed by atoms with van der Waals surface area (Å²) in [4.78, 5) is 28.7. The molecule has 120 valence electrons. The minimum atomic E-state index is -1.09. The summed E-state index contributed by atoms with van der Waals surface area (Å²) < 4.78 is 0. The van der Waals surface area contributed by atoms with Crippen LogP contribution in [0.1, 0.15) is 24.2 Å². The maximum Gasteiger partial charge on any atom is 0.345 e. The van der Waals surface area contributed by atoms with Crippen molar-refractivity contribution >= 4 is 62.6 Å². The number of rotatable bonds is 4. The van der Waals surface area contributed by atoms with Gasteiger partial charge in [-0.2, -0.15) is 5.26 Å². The molecule has 0 fully saturated rings. The van der Waals surface area contributed by atoms with E-state index in [1.165, 1.54) is 23.5 Å². The second kappa shape index (κ2) is 6.70. The van der Waals surface area contributed by atoms with Crippen molar-refractivity contribution in [3.8, 4) is 16.6 Å². The number of halogens is 1. The van der Waals surface area contributed by atoms with E-state index in [0.717, 1.165) is 27.6 Å². The Morgan fingerprint density at radius 1 is 1.29 bits per heavy atom. The Labute approximate surface area is 152 Å². The molecule has 6 nitrogen and oxygen atoms in total. The maximum absolute atomic E-state index is 12.2. The number of carboxylic acid groups (broad SMARTS) is 1. The van der Waals surface area contributed by atoms with Crippen LogP contribution in [-0.2, 0) is 0 Å². The van der Waals surface area contributed by atoms with Gasteiger partial charge in [0.05, 0.1) is 14.8 Å². The zero-order valence-corrected chi connectivity index (χ0v) is 14.8. The van der Waals surface area contributed by atoms with Gasteiger partial charge in [-0.15, -0.1) is 22.7 Å². The predicted octanol–water partition coefficient (Wildman–Crippen LogP) is 4.41. The molecule has 10 heteroatoms. The Morgan fingerprint density at radius 3 is 2.62 bits per heavy atom. The minimum Gasteiger partial charge on any atom is -0.477 e. The second-order valence-electron chi connectivity index (χ2n) is 4.36. The Bertz CT molecular complexity index is 983. The van der Waals surface area contributed by atoms with Gasteiger partial charge < -0.3 is 5.11 Å². The highest BCUT2D eigenvalue weighted by Gasteiger charge is 2.18. The third kappa shape index (κ3) is 3.32. The highest BCUT2D eigenvalue weighted by Crippen LogP contribution is 2.35. The monoisotopic (exact) mass is 395 g/mol. The minimum absolute atomic E-state index is 0.0749. The van der Waals surface area contributed by atoms with Crippen LogP contribution >= 0.6 is 45.6 Å². The molecule has 0 unspecified atom stereocenters. The Morgan fingerprint density at radius 2 is 2.04 bits per heavy atom. The van der Waals surface area contributed by atoms with E-state index in [4.69, 9.17) is 16.7 Å². The summed E-state index contributed by atoms with van der Waals surface area (Å²) in [6, 6.07) is 6.55. The largest absolute Gasteiger partial charge is 0.477 e. The van der Waals surface area contributed by atoms with Crippen LogP contribution in [0.2, 0.25) is 5.02 Å². The number of thiazole rings is 1. The van der Waals surface area contributed by atoms with Crippen LogP contribution in [0.5, 0.6) is 0 Å². The van der Waals surface area contributed by atoms with Gasteiger partial charge in [0, 0.05) is 5.38 Å². The third-order valence-corrected chi connectivity index (χ3v) is 6.02. The smallest absolute Gasteiger partial charge is 0.345 e. The number of carboxylic acids is 1. The lowest BCUT2D eigenvalue weighted by molar-refractivity contribution is 0.0702. The zero-order chi connectivity index (χ0) is 17.3. The number of amides is 1. The molecule has 0 aliphatic heterocycles. The van der Waals surface area contributed by atoms with Crippen LogP contribution in [0.4, 0.5) is 5.13 Å². The highest BCUT2D eigenvalue weighted by molar-refractivity contribution is 7.18. The Kier molecular flexibility index (Phi) is 4.64. The van der Waals surface area contributed by atoms with Crippen LogP contribution in [-0.4, -0.2) is 22.0 Å². The molecule has 24 heavy (non-hydrogen) atoms. The number of aromatic carboxylic acids is 1. The molecule has 3 heterocycles. The summed E-state index contributed by atoms with van der Waals surface area (Å²) >= 11 is 9.16. The molecule has 0 aliphatic carbocycles. The first-order valence-corrected chi connectivity index (χ1v) is 9.17. The highest BCUT2D eigenvalue weighted by atomic mass is 35.5. The number of anilines is 1. The summed E-state index contributed by atoms with van der Waals surface area (Å²) in [5.41, 5.74) is 0.465. The lowest BCUT2D eigenvalue weighted by Gasteiger charge is -1.97. The number of thiophene rings is 2. The first-order chi connectivity index (χ1) is 11.5. The van der Waals surface area contributed by atoms with E-state index in [9.17, 15) is 14.9 Å². The molecule has 0 atom stereocenters. The van der Waals surface area contributed by atoms with Gasteiger partial charge in [-0.3, -0.25) is 10.1 Å². The molecule has 1 amide bonds. The second-order valence-corrected chi connectivity index (χ2v) is 7.79. The molecule has 3 aromatic heterocycles. The Balaban J connectivity index is 1.85. The Hall–Kier alpha value is -2.25. The molecule has 2 N–H and O–H groups in total. The van der Waals surface area contributed by atoms with E-state index in [0.29, 0.717) is 15.6 Å². The first kappa shape index (κ1) is 16.6. The quantitative estimate of drug-likeness (QED) is 0.681. The van der Waals surface area contributed by atoms with Crippen LogP contribution < -0.4 is 5.32 Å². The normalized spacial score (nSPS) is 10.3. The van der Waals surface area contributed by atoms with Crippen molar-refractivity contribution in [3.05, 3.63) is 43.2 Å². The van der Waals surface area contributed by atoms with Gasteiger partial charge in [0.15, 0.2) is 5.13 Å². The van der Waals surface area contributed by atoms with Gasteiger partial charge in [0.2, 0.25) is 0 Å². The number of nitrogens with zero attached hydrogens (tertiary/aromatic N) is 2. The lowest BCUT2D eigenvalue weighted by Crippen LogP contribution is -2.09. The molecule has 3 rings (SSSR count). The van der Waals surface area contributed by atoms with E-state index in [-0.39, 0.29) is 14.9 Å². The van der Waals surface area contributed by atoms with Crippen molar-refractivity contribution in [2.75, 3.05) is 5.32 Å². The molecule has 0 bridgehead atoms. The average molecular weight is 396 g/mol. The summed E-state index contributed by atoms with van der Waals surface area (Å²) in [6.45, 7) is 0. The number of carbonyl (C=O) groups excluding carboxylic acids is 1. The number of nitriles is 1. The fourth-order valence-corrected chi connectivity index (χ4v) is 4.43. The van der Waals surface area contributed by atoms with Crippen molar-refractivity contribution in [1.82, 2.24) is 4.98 Å². The van der Waals surface area contributed by atoms with Gasteiger partial charge in [-0.1, -0.05) is 22.9 Å². The number of hydrogen-bond acceptors (Lipinski definition) is 7. The molecule has 0 aliphatic rings. The van der Waals surface area contributed by atoms with Crippen LogP contribution in [0.25, 0.3) is 10.6 Å². The van der Waals surface area contributed by atoms with Crippen molar-refractivity contribution in [1.29, 1.82) is 5.26 Å². The van der Waals surface area contributed by atoms with Gasteiger partial charge in [0.25, 0.3) is 5.91 Å². The molecule has 0 radical (unpaired) electrons. The SMILES string of the molecule is N#Cc1sc(NC(=O)c2ccc(C(=O)O)s2)nc1-c1cc(Cl)cs1. The van der Waals surface area contributed by atoms with E-state index < -0.39 is 11.9 Å². The number of carbonyl (C=O) groups is 2. The molecule has 3 aromatic rings. The summed E-state index contributed by atoms with van der Waals surface area (Å²) in [7, 11) is 0. The fraction of sp³-hybridized carbons (Fsp3) is 0. The molecular weight excluding hydrogens is 390 g/mol. The van der Waals surface area contributed by atoms with Crippen LogP contribution in [0, 0.1) is 11.3 Å². The van der Waals surface area contributed by atoms with Gasteiger partial charge in [-0.05, 0) is 18.2 Å². The summed E-state index contributed by atoms with van der Waals surface area (Å²) in [6.07, 6.45) is 0. The molecule has 0 saturated heterocycles. The number of nitrogens with one attached hydrogen (secondary N) is 1. The number of aromatic nitrogens is 1. The van der Waals surface area contributed by atoms with E-state index in [1.807, 2.05) is 6.07 Å². The third-order valence-electron chi connectivity index (χ3n) is 2.79. The van der Waals surface area contributed by atoms with E-state index in [1.54, 1.807) is 11.4 Å². The van der Waals surface area contributed by atoms with Crippen molar-refractivity contribution in [2.24, 2.45) is 0 Å². The molecular formula is C14H6ClN3O3S3. The fourth-order valence-electron chi connectivity index (χ4n) is 1.79. The lowest BCUT2D eigenvalue weighted by atomic mass is 10.3.